The van der Waals surface area contributed by atoms with Crippen LogP contribution in [0, 0.1) is 11.6 Å². The summed E-state index contributed by atoms with van der Waals surface area (Å²) in [6.45, 7) is 1.13. The van der Waals surface area contributed by atoms with E-state index in [1.807, 2.05) is 35.1 Å². The molecule has 1 heterocycles. The number of piperidine rings is 1. The van der Waals surface area contributed by atoms with Crippen LogP contribution < -0.4 is 15.0 Å². The van der Waals surface area contributed by atoms with Gasteiger partial charge in [-0.05, 0) is 78.9 Å². The number of carbonyl (C=O) groups is 2. The average molecular weight is 610 g/mol. The lowest BCUT2D eigenvalue weighted by molar-refractivity contribution is 0.0984. The molecule has 1 aliphatic rings. The summed E-state index contributed by atoms with van der Waals surface area (Å²) in [6, 6.07) is 26.1. The Kier molecular flexibility index (Phi) is 10.0. The van der Waals surface area contributed by atoms with E-state index in [9.17, 15) is 23.2 Å². The Morgan fingerprint density at radius 3 is 2.27 bits per heavy atom. The molecule has 230 valence electrons. The highest BCUT2D eigenvalue weighted by molar-refractivity contribution is 6.06. The van der Waals surface area contributed by atoms with Crippen molar-refractivity contribution in [1.29, 1.82) is 0 Å². The third-order valence-electron chi connectivity index (χ3n) is 8.03. The largest absolute Gasteiger partial charge is 0.497 e. The number of ether oxygens (including phenoxy) is 1. The van der Waals surface area contributed by atoms with Gasteiger partial charge in [0.1, 0.15) is 29.0 Å². The summed E-state index contributed by atoms with van der Waals surface area (Å²) < 4.78 is 33.7. The normalized spacial score (nSPS) is 13.1. The van der Waals surface area contributed by atoms with Gasteiger partial charge in [0.15, 0.2) is 0 Å². The summed E-state index contributed by atoms with van der Waals surface area (Å²) >= 11 is 0. The maximum atomic E-state index is 14.8. The highest BCUT2D eigenvalue weighted by Gasteiger charge is 2.27. The van der Waals surface area contributed by atoms with Gasteiger partial charge in [0.05, 0.1) is 12.8 Å². The molecular weight excluding hydrogens is 576 g/mol. The number of methoxy groups -OCH3 is 1. The Morgan fingerprint density at radius 2 is 1.60 bits per heavy atom. The van der Waals surface area contributed by atoms with E-state index in [0.29, 0.717) is 35.7 Å². The number of anilines is 2. The van der Waals surface area contributed by atoms with Crippen LogP contribution in [0.5, 0.6) is 5.75 Å². The Labute approximate surface area is 260 Å². The van der Waals surface area contributed by atoms with Crippen LogP contribution in [0.25, 0.3) is 0 Å². The first kappa shape index (κ1) is 31.2. The van der Waals surface area contributed by atoms with Gasteiger partial charge < -0.3 is 19.9 Å². The second-order valence-electron chi connectivity index (χ2n) is 10.7. The number of halogens is 2. The molecule has 9 heteroatoms. The predicted molar refractivity (Wildman–Crippen MR) is 169 cm³/mol. The molecule has 0 atom stereocenters. The molecule has 1 aliphatic heterocycles. The molecule has 0 spiro atoms. The van der Waals surface area contributed by atoms with Crippen molar-refractivity contribution in [2.45, 2.75) is 25.2 Å². The quantitative estimate of drug-likeness (QED) is 0.199. The Hall–Kier alpha value is -5.27. The maximum Gasteiger partial charge on any atom is 0.258 e. The molecule has 45 heavy (non-hydrogen) atoms. The molecule has 0 unspecified atom stereocenters. The van der Waals surface area contributed by atoms with Gasteiger partial charge >= 0.3 is 0 Å². The van der Waals surface area contributed by atoms with Crippen LogP contribution in [-0.4, -0.2) is 49.4 Å². The van der Waals surface area contributed by atoms with Crippen LogP contribution in [0.15, 0.2) is 103 Å². The van der Waals surface area contributed by atoms with Gasteiger partial charge in [0.2, 0.25) is 0 Å². The molecule has 7 nitrogen and oxygen atoms in total. The number of para-hydroxylation sites is 1. The molecule has 1 fully saturated rings. The molecule has 2 amide bonds. The van der Waals surface area contributed by atoms with E-state index in [0.717, 1.165) is 36.2 Å². The SMILES string of the molecule is COc1ccc(C(=O)Nc2ccccc2C2CCN(C(=C=O)CCN(C(=O)c3ccccc3)c3ccc(F)cc3F)CC2)cc1. The van der Waals surface area contributed by atoms with Gasteiger partial charge in [-0.1, -0.05) is 36.4 Å². The van der Waals surface area contributed by atoms with Crippen molar-refractivity contribution in [2.75, 3.05) is 37.0 Å². The molecular formula is C36H33F2N3O4. The second kappa shape index (κ2) is 14.5. The number of hydrogen-bond donors (Lipinski definition) is 1. The Bertz CT molecular complexity index is 1700. The third kappa shape index (κ3) is 7.45. The maximum absolute atomic E-state index is 14.8. The second-order valence-corrected chi connectivity index (χ2v) is 10.7. The van der Waals surface area contributed by atoms with E-state index in [1.54, 1.807) is 61.7 Å². The van der Waals surface area contributed by atoms with Crippen LogP contribution in [-0.2, 0) is 4.79 Å². The lowest BCUT2D eigenvalue weighted by atomic mass is 9.88. The van der Waals surface area contributed by atoms with E-state index in [4.69, 9.17) is 4.74 Å². The highest BCUT2D eigenvalue weighted by atomic mass is 19.1. The molecule has 0 radical (unpaired) electrons. The summed E-state index contributed by atoms with van der Waals surface area (Å²) in [5.74, 6) is 0.550. The van der Waals surface area contributed by atoms with E-state index in [2.05, 4.69) is 5.32 Å². The van der Waals surface area contributed by atoms with Gasteiger partial charge in [-0.25, -0.2) is 13.6 Å². The molecule has 4 aromatic carbocycles. The molecule has 0 aromatic heterocycles. The van der Waals surface area contributed by atoms with Crippen LogP contribution in [0.4, 0.5) is 20.2 Å². The van der Waals surface area contributed by atoms with Gasteiger partial charge in [-0.3, -0.25) is 9.59 Å². The van der Waals surface area contributed by atoms with Gasteiger partial charge in [-0.15, -0.1) is 0 Å². The number of hydrogen-bond acceptors (Lipinski definition) is 5. The minimum absolute atomic E-state index is 0.000999. The summed E-state index contributed by atoms with van der Waals surface area (Å²) in [7, 11) is 1.57. The van der Waals surface area contributed by atoms with E-state index >= 15 is 0 Å². The molecule has 0 saturated carbocycles. The number of nitrogens with zero attached hydrogens (tertiary/aromatic N) is 2. The van der Waals surface area contributed by atoms with E-state index in [-0.39, 0.29) is 30.5 Å². The van der Waals surface area contributed by atoms with Crippen LogP contribution in [0.1, 0.15) is 51.5 Å². The zero-order chi connectivity index (χ0) is 31.8. The van der Waals surface area contributed by atoms with Crippen LogP contribution >= 0.6 is 0 Å². The Balaban J connectivity index is 1.25. The van der Waals surface area contributed by atoms with Gasteiger partial charge in [0, 0.05) is 48.9 Å². The smallest absolute Gasteiger partial charge is 0.258 e. The van der Waals surface area contributed by atoms with Crippen LogP contribution in [0.2, 0.25) is 0 Å². The minimum Gasteiger partial charge on any atom is -0.497 e. The summed E-state index contributed by atoms with van der Waals surface area (Å²) in [5.41, 5.74) is 2.92. The van der Waals surface area contributed by atoms with Crippen molar-refractivity contribution in [3.8, 4) is 5.75 Å². The third-order valence-corrected chi connectivity index (χ3v) is 8.03. The number of benzene rings is 4. The monoisotopic (exact) mass is 609 g/mol. The zero-order valence-corrected chi connectivity index (χ0v) is 24.8. The fraction of sp³-hybridized carbons (Fsp3) is 0.222. The first-order chi connectivity index (χ1) is 21.9. The number of carbonyl (C=O) groups excluding carboxylic acids is 3. The van der Waals surface area contributed by atoms with Crippen molar-refractivity contribution in [2.24, 2.45) is 0 Å². The van der Waals surface area contributed by atoms with E-state index in [1.165, 1.54) is 11.0 Å². The highest BCUT2D eigenvalue weighted by Crippen LogP contribution is 2.34. The predicted octanol–water partition coefficient (Wildman–Crippen LogP) is 6.86. The zero-order valence-electron chi connectivity index (χ0n) is 24.8. The molecule has 0 bridgehead atoms. The minimum atomic E-state index is -0.866. The fourth-order valence-electron chi connectivity index (χ4n) is 5.62. The van der Waals surface area contributed by atoms with Gasteiger partial charge in [0.25, 0.3) is 11.8 Å². The lowest BCUT2D eigenvalue weighted by Gasteiger charge is -2.35. The molecule has 1 saturated heterocycles. The van der Waals surface area contributed by atoms with Crippen molar-refractivity contribution in [3.05, 3.63) is 131 Å². The topological polar surface area (TPSA) is 79.0 Å². The summed E-state index contributed by atoms with van der Waals surface area (Å²) in [4.78, 5) is 41.6. The van der Waals surface area contributed by atoms with Crippen molar-refractivity contribution >= 4 is 29.1 Å². The van der Waals surface area contributed by atoms with Crippen LogP contribution in [0.3, 0.4) is 0 Å². The first-order valence-electron chi connectivity index (χ1n) is 14.7. The van der Waals surface area contributed by atoms with Gasteiger partial charge in [-0.2, -0.15) is 0 Å². The molecule has 4 aromatic rings. The fourth-order valence-corrected chi connectivity index (χ4v) is 5.62. The molecule has 1 N–H and O–H groups in total. The first-order valence-corrected chi connectivity index (χ1v) is 14.7. The average Bonchev–Trinajstić information content (AvgIpc) is 3.08. The number of nitrogens with one attached hydrogen (secondary N) is 1. The molecule has 5 rings (SSSR count). The summed E-state index contributed by atoms with van der Waals surface area (Å²) in [6.07, 6.45) is 1.58. The van der Waals surface area contributed by atoms with E-state index < -0.39 is 17.5 Å². The summed E-state index contributed by atoms with van der Waals surface area (Å²) in [5, 5.41) is 3.03. The van der Waals surface area contributed by atoms with Crippen molar-refractivity contribution in [3.63, 3.8) is 0 Å². The standard InChI is InChI=1S/C36H33F2N3O4/c1-45-30-14-11-26(12-15-30)35(43)39-33-10-6-5-9-31(33)25-17-20-40(21-18-25)29(24-42)19-22-41(34-16-13-28(37)23-32(34)38)36(44)27-7-3-2-4-8-27/h2-16,23,25H,17-22H2,1H3,(H,39,43). The number of likely N-dealkylation sites (tertiary alicyclic amines) is 1. The molecule has 0 aliphatic carbocycles. The number of rotatable bonds is 10. The number of amides is 2. The van der Waals surface area contributed by atoms with Crippen molar-refractivity contribution in [1.82, 2.24) is 4.90 Å². The van der Waals surface area contributed by atoms with Crippen molar-refractivity contribution < 1.29 is 27.9 Å². The Morgan fingerprint density at radius 1 is 0.911 bits per heavy atom. The lowest BCUT2D eigenvalue weighted by Crippen LogP contribution is -2.37.